The van der Waals surface area contributed by atoms with E-state index in [0.717, 1.165) is 5.56 Å². The molecule has 0 aliphatic carbocycles. The first-order chi connectivity index (χ1) is 15.0. The number of hydrogen-bond acceptors (Lipinski definition) is 8. The number of aromatic nitrogens is 2. The summed E-state index contributed by atoms with van der Waals surface area (Å²) in [7, 11) is 0. The van der Waals surface area contributed by atoms with Gasteiger partial charge in [0.05, 0.1) is 18.8 Å². The lowest BCUT2D eigenvalue weighted by molar-refractivity contribution is 0.0864. The van der Waals surface area contributed by atoms with E-state index in [9.17, 15) is 9.00 Å². The van der Waals surface area contributed by atoms with E-state index < -0.39 is 17.5 Å². The van der Waals surface area contributed by atoms with Crippen LogP contribution in [0, 0.1) is 6.92 Å². The van der Waals surface area contributed by atoms with Crippen LogP contribution in [0.4, 0.5) is 4.79 Å². The topological polar surface area (TPSA) is 120 Å². The normalized spacial score (nSPS) is 22.2. The number of ether oxygens (including phenoxy) is 2. The number of likely N-dealkylation sites (tertiary alicyclic amines) is 1. The number of nitrogens with zero attached hydrogens (tertiary/aromatic N) is 3. The Kier molecular flexibility index (Phi) is 6.64. The molecule has 2 aliphatic rings. The van der Waals surface area contributed by atoms with Crippen LogP contribution in [0.3, 0.4) is 0 Å². The summed E-state index contributed by atoms with van der Waals surface area (Å²) in [5.41, 5.74) is 1.67. The second-order valence-corrected chi connectivity index (χ2v) is 8.22. The van der Waals surface area contributed by atoms with Gasteiger partial charge in [0.15, 0.2) is 0 Å². The Hall–Kier alpha value is -2.76. The Morgan fingerprint density at radius 2 is 1.77 bits per heavy atom. The second kappa shape index (κ2) is 9.58. The van der Waals surface area contributed by atoms with E-state index in [1.165, 1.54) is 11.2 Å². The second-order valence-electron chi connectivity index (χ2n) is 7.34. The summed E-state index contributed by atoms with van der Waals surface area (Å²) in [6.45, 7) is 3.37. The van der Waals surface area contributed by atoms with Gasteiger partial charge < -0.3 is 19.5 Å². The first-order valence-electron chi connectivity index (χ1n) is 9.92. The molecule has 11 heteroatoms. The summed E-state index contributed by atoms with van der Waals surface area (Å²) < 4.78 is 33.1. The lowest BCUT2D eigenvalue weighted by Gasteiger charge is -2.30. The Balaban J connectivity index is 1.38. The first kappa shape index (κ1) is 21.5. The summed E-state index contributed by atoms with van der Waals surface area (Å²) in [5.74, 6) is 1.44. The number of hydrogen-bond donors (Lipinski definition) is 1. The number of piperidine rings is 1. The minimum absolute atomic E-state index is 0.0140. The molecule has 1 amide bonds. The van der Waals surface area contributed by atoms with E-state index in [4.69, 9.17) is 22.9 Å². The third-order valence-electron chi connectivity index (χ3n) is 5.28. The summed E-state index contributed by atoms with van der Waals surface area (Å²) >= 11 is -1.66. The lowest BCUT2D eigenvalue weighted by Crippen LogP contribution is -2.41. The van der Waals surface area contributed by atoms with Gasteiger partial charge in [0.1, 0.15) is 18.2 Å². The van der Waals surface area contributed by atoms with Crippen molar-refractivity contribution in [1.82, 2.24) is 14.9 Å². The van der Waals surface area contributed by atoms with Crippen LogP contribution in [0.2, 0.25) is 0 Å². The van der Waals surface area contributed by atoms with E-state index in [1.54, 1.807) is 0 Å². The lowest BCUT2D eigenvalue weighted by atomic mass is 10.0. The highest BCUT2D eigenvalue weighted by molar-refractivity contribution is 7.75. The fourth-order valence-electron chi connectivity index (χ4n) is 3.43. The Morgan fingerprint density at radius 3 is 2.42 bits per heavy atom. The SMILES string of the molecule is Cc1c(Oc2ccc(C3COS(=O)OC3)cc2)ncnc1OC1CCN(C(=O)O)CC1. The molecule has 0 saturated carbocycles. The third-order valence-corrected chi connectivity index (χ3v) is 5.94. The fourth-order valence-corrected chi connectivity index (χ4v) is 4.05. The van der Waals surface area contributed by atoms with Crippen molar-refractivity contribution in [2.75, 3.05) is 26.3 Å². The Morgan fingerprint density at radius 1 is 1.13 bits per heavy atom. The average molecular weight is 449 g/mol. The van der Waals surface area contributed by atoms with Gasteiger partial charge in [-0.3, -0.25) is 8.37 Å². The van der Waals surface area contributed by atoms with Crippen LogP contribution in [0.1, 0.15) is 29.9 Å². The molecule has 31 heavy (non-hydrogen) atoms. The molecule has 0 unspecified atom stereocenters. The summed E-state index contributed by atoms with van der Waals surface area (Å²) in [6.07, 6.45) is 1.59. The summed E-state index contributed by atoms with van der Waals surface area (Å²) in [6, 6.07) is 7.46. The van der Waals surface area contributed by atoms with E-state index in [0.29, 0.717) is 62.2 Å². The number of carboxylic acid groups (broad SMARTS) is 1. The molecule has 2 aromatic rings. The van der Waals surface area contributed by atoms with Gasteiger partial charge in [-0.05, 0) is 24.6 Å². The molecule has 2 fully saturated rings. The molecule has 1 N–H and O–H groups in total. The molecule has 10 nitrogen and oxygen atoms in total. The fraction of sp³-hybridized carbons (Fsp3) is 0.450. The third kappa shape index (κ3) is 5.30. The van der Waals surface area contributed by atoms with Crippen LogP contribution in [0.15, 0.2) is 30.6 Å². The minimum Gasteiger partial charge on any atom is -0.474 e. The molecule has 2 saturated heterocycles. The molecule has 0 bridgehead atoms. The molecule has 0 atom stereocenters. The summed E-state index contributed by atoms with van der Waals surface area (Å²) in [4.78, 5) is 20.8. The number of carbonyl (C=O) groups is 1. The maximum Gasteiger partial charge on any atom is 0.407 e. The van der Waals surface area contributed by atoms with Gasteiger partial charge in [-0.15, -0.1) is 0 Å². The van der Waals surface area contributed by atoms with Gasteiger partial charge in [-0.25, -0.2) is 14.8 Å². The maximum absolute atomic E-state index is 11.1. The monoisotopic (exact) mass is 449 g/mol. The van der Waals surface area contributed by atoms with Crippen molar-refractivity contribution in [1.29, 1.82) is 0 Å². The molecular weight excluding hydrogens is 426 g/mol. The molecule has 1 aromatic carbocycles. The van der Waals surface area contributed by atoms with Crippen molar-refractivity contribution >= 4 is 17.5 Å². The standard InChI is InChI=1S/C20H23N3O7S/c1-13-18(21-12-22-19(13)30-17-6-8-23(9-7-17)20(24)25)29-16-4-2-14(3-5-16)15-10-27-31(26)28-11-15/h2-5,12,15,17H,6-11H2,1H3,(H,24,25). The largest absolute Gasteiger partial charge is 0.474 e. The van der Waals surface area contributed by atoms with E-state index in [2.05, 4.69) is 9.97 Å². The molecule has 166 valence electrons. The van der Waals surface area contributed by atoms with Crippen molar-refractivity contribution in [2.45, 2.75) is 31.8 Å². The highest BCUT2D eigenvalue weighted by Crippen LogP contribution is 2.30. The van der Waals surface area contributed by atoms with Crippen LogP contribution in [0.25, 0.3) is 0 Å². The van der Waals surface area contributed by atoms with E-state index in [1.807, 2.05) is 31.2 Å². The zero-order chi connectivity index (χ0) is 21.8. The van der Waals surface area contributed by atoms with E-state index >= 15 is 0 Å². The number of amides is 1. The molecule has 3 heterocycles. The van der Waals surface area contributed by atoms with Crippen LogP contribution >= 0.6 is 0 Å². The van der Waals surface area contributed by atoms with Crippen molar-refractivity contribution in [2.24, 2.45) is 0 Å². The zero-order valence-corrected chi connectivity index (χ0v) is 17.7. The molecular formula is C20H23N3O7S. The number of rotatable bonds is 5. The van der Waals surface area contributed by atoms with Gasteiger partial charge in [0, 0.05) is 31.8 Å². The summed E-state index contributed by atoms with van der Waals surface area (Å²) in [5, 5.41) is 9.06. The molecule has 0 radical (unpaired) electrons. The molecule has 0 spiro atoms. The number of benzene rings is 1. The van der Waals surface area contributed by atoms with E-state index in [-0.39, 0.29) is 12.0 Å². The molecule has 2 aliphatic heterocycles. The molecule has 4 rings (SSSR count). The highest BCUT2D eigenvalue weighted by atomic mass is 32.2. The van der Waals surface area contributed by atoms with Crippen LogP contribution in [0.5, 0.6) is 17.5 Å². The first-order valence-corrected chi connectivity index (χ1v) is 10.9. The highest BCUT2D eigenvalue weighted by Gasteiger charge is 2.25. The quantitative estimate of drug-likeness (QED) is 0.734. The van der Waals surface area contributed by atoms with Crippen molar-refractivity contribution < 1.29 is 31.9 Å². The van der Waals surface area contributed by atoms with Crippen molar-refractivity contribution in [3.63, 3.8) is 0 Å². The molecule has 1 aromatic heterocycles. The average Bonchev–Trinajstić information content (AvgIpc) is 2.78. The van der Waals surface area contributed by atoms with Crippen molar-refractivity contribution in [3.8, 4) is 17.5 Å². The maximum atomic E-state index is 11.1. The van der Waals surface area contributed by atoms with Crippen LogP contribution < -0.4 is 9.47 Å². The Labute approximate surface area is 182 Å². The predicted octanol–water partition coefficient (Wildman–Crippen LogP) is 2.81. The zero-order valence-electron chi connectivity index (χ0n) is 16.9. The van der Waals surface area contributed by atoms with Crippen LogP contribution in [-0.2, 0) is 19.7 Å². The van der Waals surface area contributed by atoms with Crippen LogP contribution in [-0.4, -0.2) is 62.7 Å². The predicted molar refractivity (Wildman–Crippen MR) is 109 cm³/mol. The minimum atomic E-state index is -1.66. The van der Waals surface area contributed by atoms with Gasteiger partial charge in [0.2, 0.25) is 11.8 Å². The Bertz CT molecular complexity index is 938. The van der Waals surface area contributed by atoms with Gasteiger partial charge in [-0.1, -0.05) is 12.1 Å². The van der Waals surface area contributed by atoms with Gasteiger partial charge in [0.25, 0.3) is 0 Å². The van der Waals surface area contributed by atoms with Gasteiger partial charge in [-0.2, -0.15) is 4.21 Å². The van der Waals surface area contributed by atoms with Gasteiger partial charge >= 0.3 is 17.5 Å². The smallest absolute Gasteiger partial charge is 0.407 e. The van der Waals surface area contributed by atoms with Crippen molar-refractivity contribution in [3.05, 3.63) is 41.7 Å².